The van der Waals surface area contributed by atoms with Gasteiger partial charge in [0.15, 0.2) is 0 Å². The third-order valence-electron chi connectivity index (χ3n) is 1.77. The van der Waals surface area contributed by atoms with Gasteiger partial charge in [-0.15, -0.1) is 0 Å². The van der Waals surface area contributed by atoms with Gasteiger partial charge < -0.3 is 5.21 Å². The quantitative estimate of drug-likeness (QED) is 0.561. The third kappa shape index (κ3) is 4.77. The summed E-state index contributed by atoms with van der Waals surface area (Å²) in [6.07, 6.45) is 4.88. The molecule has 0 aliphatic heterocycles. The monoisotopic (exact) mass is 145 g/mol. The van der Waals surface area contributed by atoms with Crippen LogP contribution >= 0.6 is 0 Å². The standard InChI is InChI=1S/C8H19NO/c1-3-5-8(6-4-2)7-9-10/h8-10H,3-7H2,1-2H3. The van der Waals surface area contributed by atoms with E-state index in [-0.39, 0.29) is 0 Å². The molecular weight excluding hydrogens is 126 g/mol. The van der Waals surface area contributed by atoms with Crippen LogP contribution in [0.2, 0.25) is 0 Å². The second-order valence-corrected chi connectivity index (χ2v) is 2.81. The van der Waals surface area contributed by atoms with E-state index in [1.54, 1.807) is 0 Å². The van der Waals surface area contributed by atoms with Crippen molar-refractivity contribution >= 4 is 0 Å². The highest BCUT2D eigenvalue weighted by molar-refractivity contribution is 4.57. The van der Waals surface area contributed by atoms with E-state index < -0.39 is 0 Å². The molecule has 2 N–H and O–H groups in total. The van der Waals surface area contributed by atoms with Gasteiger partial charge in [0, 0.05) is 6.54 Å². The summed E-state index contributed by atoms with van der Waals surface area (Å²) in [5, 5.41) is 8.44. The van der Waals surface area contributed by atoms with Crippen LogP contribution < -0.4 is 5.48 Å². The SMILES string of the molecule is CCCC(CCC)CNO. The first-order chi connectivity index (χ1) is 4.85. The Labute approximate surface area is 63.6 Å². The molecule has 0 spiro atoms. The van der Waals surface area contributed by atoms with Crippen molar-refractivity contribution in [3.8, 4) is 0 Å². The molecule has 0 aliphatic carbocycles. The summed E-state index contributed by atoms with van der Waals surface area (Å²) in [5.74, 6) is 0.667. The van der Waals surface area contributed by atoms with Crippen molar-refractivity contribution in [2.24, 2.45) is 5.92 Å². The summed E-state index contributed by atoms with van der Waals surface area (Å²) >= 11 is 0. The summed E-state index contributed by atoms with van der Waals surface area (Å²) in [6, 6.07) is 0. The maximum atomic E-state index is 8.44. The number of hydrogen-bond donors (Lipinski definition) is 2. The molecule has 0 aromatic carbocycles. The Morgan fingerprint density at radius 2 is 1.70 bits per heavy atom. The third-order valence-corrected chi connectivity index (χ3v) is 1.77. The topological polar surface area (TPSA) is 32.3 Å². The van der Waals surface area contributed by atoms with Gasteiger partial charge in [0.1, 0.15) is 0 Å². The second kappa shape index (κ2) is 7.03. The van der Waals surface area contributed by atoms with E-state index in [0.29, 0.717) is 5.92 Å². The fourth-order valence-electron chi connectivity index (χ4n) is 1.29. The van der Waals surface area contributed by atoms with E-state index in [2.05, 4.69) is 19.3 Å². The van der Waals surface area contributed by atoms with Gasteiger partial charge in [0.2, 0.25) is 0 Å². The lowest BCUT2D eigenvalue weighted by molar-refractivity contribution is 0.143. The molecular formula is C8H19NO. The fraction of sp³-hybridized carbons (Fsp3) is 1.00. The summed E-state index contributed by atoms with van der Waals surface area (Å²) in [4.78, 5) is 0. The lowest BCUT2D eigenvalue weighted by Crippen LogP contribution is -2.18. The first-order valence-corrected chi connectivity index (χ1v) is 4.22. The number of rotatable bonds is 6. The Bertz CT molecular complexity index is 52.0. The highest BCUT2D eigenvalue weighted by atomic mass is 16.5. The zero-order valence-electron chi connectivity index (χ0n) is 7.06. The van der Waals surface area contributed by atoms with Gasteiger partial charge in [-0.05, 0) is 18.8 Å². The van der Waals surface area contributed by atoms with E-state index in [0.717, 1.165) is 6.54 Å². The number of hydrogen-bond acceptors (Lipinski definition) is 2. The van der Waals surface area contributed by atoms with Crippen molar-refractivity contribution < 1.29 is 5.21 Å². The van der Waals surface area contributed by atoms with Crippen molar-refractivity contribution in [2.75, 3.05) is 6.54 Å². The summed E-state index contributed by atoms with van der Waals surface area (Å²) in [5.41, 5.74) is 2.24. The van der Waals surface area contributed by atoms with Crippen LogP contribution in [0.3, 0.4) is 0 Å². The average Bonchev–Trinajstić information content (AvgIpc) is 1.90. The van der Waals surface area contributed by atoms with Gasteiger partial charge >= 0.3 is 0 Å². The minimum Gasteiger partial charge on any atom is -0.317 e. The van der Waals surface area contributed by atoms with Gasteiger partial charge in [-0.1, -0.05) is 26.7 Å². The average molecular weight is 145 g/mol. The van der Waals surface area contributed by atoms with Gasteiger partial charge in [-0.2, -0.15) is 0 Å². The zero-order valence-corrected chi connectivity index (χ0v) is 7.06. The maximum Gasteiger partial charge on any atom is 0.0235 e. The molecule has 0 radical (unpaired) electrons. The van der Waals surface area contributed by atoms with Crippen LogP contribution in [0.15, 0.2) is 0 Å². The predicted molar refractivity (Wildman–Crippen MR) is 43.1 cm³/mol. The normalized spacial score (nSPS) is 10.8. The minimum atomic E-state index is 0.667. The maximum absolute atomic E-state index is 8.44. The van der Waals surface area contributed by atoms with Crippen LogP contribution in [-0.2, 0) is 0 Å². The van der Waals surface area contributed by atoms with E-state index in [1.807, 2.05) is 0 Å². The molecule has 10 heavy (non-hydrogen) atoms. The molecule has 2 heteroatoms. The fourth-order valence-corrected chi connectivity index (χ4v) is 1.29. The first kappa shape index (κ1) is 9.92. The molecule has 0 amide bonds. The number of nitrogens with one attached hydrogen (secondary N) is 1. The molecule has 62 valence electrons. The Kier molecular flexibility index (Phi) is 6.98. The van der Waals surface area contributed by atoms with Gasteiger partial charge in [-0.25, -0.2) is 5.48 Å². The Hall–Kier alpha value is -0.0800. The molecule has 0 atom stereocenters. The molecule has 0 bridgehead atoms. The lowest BCUT2D eigenvalue weighted by Gasteiger charge is -2.12. The van der Waals surface area contributed by atoms with Gasteiger partial charge in [0.05, 0.1) is 0 Å². The largest absolute Gasteiger partial charge is 0.317 e. The lowest BCUT2D eigenvalue weighted by atomic mass is 9.99. The molecule has 0 saturated heterocycles. The predicted octanol–water partition coefficient (Wildman–Crippen LogP) is 2.18. The van der Waals surface area contributed by atoms with E-state index in [4.69, 9.17) is 5.21 Å². The molecule has 0 rings (SSSR count). The Morgan fingerprint density at radius 1 is 1.20 bits per heavy atom. The molecule has 0 fully saturated rings. The summed E-state index contributed by atoms with van der Waals surface area (Å²) < 4.78 is 0. The van der Waals surface area contributed by atoms with Crippen LogP contribution in [-0.4, -0.2) is 11.8 Å². The molecule has 0 saturated carbocycles. The second-order valence-electron chi connectivity index (χ2n) is 2.81. The van der Waals surface area contributed by atoms with Crippen molar-refractivity contribution in [2.45, 2.75) is 39.5 Å². The Morgan fingerprint density at radius 3 is 2.00 bits per heavy atom. The van der Waals surface area contributed by atoms with Crippen molar-refractivity contribution in [3.05, 3.63) is 0 Å². The van der Waals surface area contributed by atoms with E-state index in [9.17, 15) is 0 Å². The molecule has 0 heterocycles. The van der Waals surface area contributed by atoms with Crippen LogP contribution in [0.1, 0.15) is 39.5 Å². The van der Waals surface area contributed by atoms with Crippen molar-refractivity contribution in [3.63, 3.8) is 0 Å². The molecule has 2 nitrogen and oxygen atoms in total. The Balaban J connectivity index is 3.30. The van der Waals surface area contributed by atoms with E-state index in [1.165, 1.54) is 25.7 Å². The highest BCUT2D eigenvalue weighted by Gasteiger charge is 2.04. The number of hydroxylamine groups is 1. The van der Waals surface area contributed by atoms with Crippen LogP contribution in [0.5, 0.6) is 0 Å². The van der Waals surface area contributed by atoms with Gasteiger partial charge in [-0.3, -0.25) is 0 Å². The first-order valence-electron chi connectivity index (χ1n) is 4.22. The molecule has 0 aromatic rings. The van der Waals surface area contributed by atoms with Crippen molar-refractivity contribution in [1.29, 1.82) is 0 Å². The minimum absolute atomic E-state index is 0.667. The van der Waals surface area contributed by atoms with Crippen LogP contribution in [0.25, 0.3) is 0 Å². The molecule has 0 aromatic heterocycles. The van der Waals surface area contributed by atoms with Gasteiger partial charge in [0.25, 0.3) is 0 Å². The highest BCUT2D eigenvalue weighted by Crippen LogP contribution is 2.11. The van der Waals surface area contributed by atoms with E-state index >= 15 is 0 Å². The van der Waals surface area contributed by atoms with Crippen LogP contribution in [0.4, 0.5) is 0 Å². The summed E-state index contributed by atoms with van der Waals surface area (Å²) in [6.45, 7) is 5.11. The smallest absolute Gasteiger partial charge is 0.0235 e. The molecule has 0 aliphatic rings. The summed E-state index contributed by atoms with van der Waals surface area (Å²) in [7, 11) is 0. The molecule has 0 unspecified atom stereocenters. The van der Waals surface area contributed by atoms with Crippen LogP contribution in [0, 0.1) is 5.92 Å². The zero-order chi connectivity index (χ0) is 7.82. The van der Waals surface area contributed by atoms with Crippen molar-refractivity contribution in [1.82, 2.24) is 5.48 Å².